The van der Waals surface area contributed by atoms with Crippen LogP contribution in [0.2, 0.25) is 0 Å². The van der Waals surface area contributed by atoms with E-state index in [2.05, 4.69) is 24.8 Å². The predicted octanol–water partition coefficient (Wildman–Crippen LogP) is 3.09. The summed E-state index contributed by atoms with van der Waals surface area (Å²) in [7, 11) is 0. The van der Waals surface area contributed by atoms with Crippen molar-refractivity contribution in [3.63, 3.8) is 0 Å². The van der Waals surface area contributed by atoms with Gasteiger partial charge < -0.3 is 14.2 Å². The third-order valence-corrected chi connectivity index (χ3v) is 4.39. The van der Waals surface area contributed by atoms with Crippen molar-refractivity contribution in [3.05, 3.63) is 46.6 Å². The Labute approximate surface area is 119 Å². The van der Waals surface area contributed by atoms with Gasteiger partial charge >= 0.3 is 0 Å². The molecule has 2 aliphatic rings. The van der Waals surface area contributed by atoms with Crippen LogP contribution in [-0.4, -0.2) is 25.1 Å². The van der Waals surface area contributed by atoms with E-state index in [0.717, 1.165) is 10.7 Å². The Morgan fingerprint density at radius 3 is 2.42 bits per heavy atom. The maximum absolute atomic E-state index is 5.98. The van der Waals surface area contributed by atoms with Crippen molar-refractivity contribution in [3.8, 4) is 0 Å². The quantitative estimate of drug-likeness (QED) is 0.842. The molecule has 0 aromatic heterocycles. The van der Waals surface area contributed by atoms with E-state index in [4.69, 9.17) is 14.2 Å². The summed E-state index contributed by atoms with van der Waals surface area (Å²) in [5.41, 5.74) is 1.18. The molecule has 3 nitrogen and oxygen atoms in total. The average Bonchev–Trinajstić information content (AvgIpc) is 2.98. The second-order valence-corrected chi connectivity index (χ2v) is 5.56. The number of rotatable bonds is 2. The van der Waals surface area contributed by atoms with Crippen molar-refractivity contribution in [1.82, 2.24) is 0 Å². The molecular weight excluding hydrogens is 260 g/mol. The molecule has 0 bridgehead atoms. The van der Waals surface area contributed by atoms with Gasteiger partial charge in [0.1, 0.15) is 5.76 Å². The highest BCUT2D eigenvalue weighted by atomic mass is 32.1. The molecule has 0 radical (unpaired) electrons. The van der Waals surface area contributed by atoms with Crippen molar-refractivity contribution >= 4 is 12.6 Å². The summed E-state index contributed by atoms with van der Waals surface area (Å²) < 4.78 is 17.5. The molecule has 19 heavy (non-hydrogen) atoms. The Morgan fingerprint density at radius 1 is 1.16 bits per heavy atom. The smallest absolute Gasteiger partial charge is 0.204 e. The summed E-state index contributed by atoms with van der Waals surface area (Å²) in [6.45, 7) is 5.11. The maximum atomic E-state index is 5.98. The Morgan fingerprint density at radius 2 is 1.79 bits per heavy atom. The first-order valence-corrected chi connectivity index (χ1v) is 6.96. The zero-order valence-corrected chi connectivity index (χ0v) is 12.0. The third-order valence-electron chi connectivity index (χ3n) is 3.80. The van der Waals surface area contributed by atoms with Crippen LogP contribution in [-0.2, 0) is 14.2 Å². The Hall–Kier alpha value is -0.970. The van der Waals surface area contributed by atoms with Crippen molar-refractivity contribution < 1.29 is 14.2 Å². The highest BCUT2D eigenvalue weighted by Crippen LogP contribution is 2.46. The third kappa shape index (κ3) is 2.18. The monoisotopic (exact) mass is 278 g/mol. The van der Waals surface area contributed by atoms with Crippen molar-refractivity contribution in [1.29, 1.82) is 0 Å². The minimum Gasteiger partial charge on any atom is -0.488 e. The molecule has 0 unspecified atom stereocenters. The van der Waals surface area contributed by atoms with Gasteiger partial charge in [-0.3, -0.25) is 0 Å². The molecule has 0 saturated carbocycles. The first-order chi connectivity index (χ1) is 9.12. The van der Waals surface area contributed by atoms with Gasteiger partial charge in [-0.05, 0) is 19.4 Å². The SMILES string of the molecule is CC1=C(S)[C@H](c2ccccc2)[C@@H](C2(C)OCCO2)O1. The van der Waals surface area contributed by atoms with Crippen LogP contribution in [0.25, 0.3) is 0 Å². The molecule has 0 spiro atoms. The van der Waals surface area contributed by atoms with Gasteiger partial charge in [0.25, 0.3) is 0 Å². The van der Waals surface area contributed by atoms with E-state index in [1.807, 2.05) is 32.0 Å². The molecule has 4 heteroatoms. The van der Waals surface area contributed by atoms with E-state index in [0.29, 0.717) is 13.2 Å². The molecule has 1 aromatic rings. The summed E-state index contributed by atoms with van der Waals surface area (Å²) in [5.74, 6) is 0.210. The summed E-state index contributed by atoms with van der Waals surface area (Å²) >= 11 is 4.63. The van der Waals surface area contributed by atoms with Crippen LogP contribution in [0, 0.1) is 0 Å². The van der Waals surface area contributed by atoms with Crippen LogP contribution in [0.1, 0.15) is 25.3 Å². The Balaban J connectivity index is 1.97. The van der Waals surface area contributed by atoms with E-state index in [1.54, 1.807) is 0 Å². The standard InChI is InChI=1S/C15H18O3S/c1-10-13(19)12(11-6-4-3-5-7-11)14(18-10)15(2)16-8-9-17-15/h3-7,12,14,19H,8-9H2,1-2H3/t12-,14-/m0/s1. The number of hydrogen-bond donors (Lipinski definition) is 1. The van der Waals surface area contributed by atoms with Gasteiger partial charge in [-0.2, -0.15) is 0 Å². The van der Waals surface area contributed by atoms with Crippen LogP contribution in [0.3, 0.4) is 0 Å². The second-order valence-electron chi connectivity index (χ2n) is 5.08. The topological polar surface area (TPSA) is 27.7 Å². The van der Waals surface area contributed by atoms with E-state index >= 15 is 0 Å². The van der Waals surface area contributed by atoms with Crippen LogP contribution >= 0.6 is 12.6 Å². The summed E-state index contributed by atoms with van der Waals surface area (Å²) in [6, 6.07) is 10.2. The fraction of sp³-hybridized carbons (Fsp3) is 0.467. The lowest BCUT2D eigenvalue weighted by atomic mass is 9.89. The molecule has 0 N–H and O–H groups in total. The lowest BCUT2D eigenvalue weighted by Crippen LogP contribution is -2.43. The second kappa shape index (κ2) is 4.85. The Kier molecular flexibility index (Phi) is 3.33. The van der Waals surface area contributed by atoms with Crippen LogP contribution in [0.5, 0.6) is 0 Å². The van der Waals surface area contributed by atoms with Gasteiger partial charge in [-0.15, -0.1) is 12.6 Å². The minimum atomic E-state index is -0.702. The lowest BCUT2D eigenvalue weighted by Gasteiger charge is -2.33. The van der Waals surface area contributed by atoms with Gasteiger partial charge in [-0.25, -0.2) is 0 Å². The molecule has 2 atom stereocenters. The van der Waals surface area contributed by atoms with Crippen LogP contribution in [0.4, 0.5) is 0 Å². The highest BCUT2D eigenvalue weighted by molar-refractivity contribution is 7.84. The fourth-order valence-electron chi connectivity index (χ4n) is 2.78. The number of allylic oxidation sites excluding steroid dienone is 1. The molecule has 0 amide bonds. The van der Waals surface area contributed by atoms with Crippen LogP contribution < -0.4 is 0 Å². The first kappa shape index (κ1) is 13.0. The molecule has 102 valence electrons. The van der Waals surface area contributed by atoms with Crippen LogP contribution in [0.15, 0.2) is 41.0 Å². The summed E-state index contributed by atoms with van der Waals surface area (Å²) in [5, 5.41) is 0. The average molecular weight is 278 g/mol. The van der Waals surface area contributed by atoms with E-state index in [-0.39, 0.29) is 12.0 Å². The molecule has 2 heterocycles. The minimum absolute atomic E-state index is 0.0626. The van der Waals surface area contributed by atoms with Crippen molar-refractivity contribution in [2.24, 2.45) is 0 Å². The zero-order valence-electron chi connectivity index (χ0n) is 11.1. The summed E-state index contributed by atoms with van der Waals surface area (Å²) in [4.78, 5) is 0.955. The number of ether oxygens (including phenoxy) is 3. The molecule has 2 aliphatic heterocycles. The molecule has 1 aromatic carbocycles. The normalized spacial score (nSPS) is 29.6. The molecule has 3 rings (SSSR count). The van der Waals surface area contributed by atoms with E-state index in [9.17, 15) is 0 Å². The van der Waals surface area contributed by atoms with E-state index in [1.165, 1.54) is 5.56 Å². The molecular formula is C15H18O3S. The van der Waals surface area contributed by atoms with Crippen molar-refractivity contribution in [2.75, 3.05) is 13.2 Å². The van der Waals surface area contributed by atoms with Gasteiger partial charge in [0, 0.05) is 4.91 Å². The highest BCUT2D eigenvalue weighted by Gasteiger charge is 2.50. The van der Waals surface area contributed by atoms with Gasteiger partial charge in [-0.1, -0.05) is 30.3 Å². The van der Waals surface area contributed by atoms with Gasteiger partial charge in [0.05, 0.1) is 19.1 Å². The van der Waals surface area contributed by atoms with Crippen molar-refractivity contribution in [2.45, 2.75) is 31.7 Å². The first-order valence-electron chi connectivity index (χ1n) is 6.51. The molecule has 0 aliphatic carbocycles. The van der Waals surface area contributed by atoms with Gasteiger partial charge in [0.2, 0.25) is 5.79 Å². The maximum Gasteiger partial charge on any atom is 0.204 e. The number of thiol groups is 1. The zero-order chi connectivity index (χ0) is 13.5. The number of hydrogen-bond acceptors (Lipinski definition) is 4. The molecule has 1 fully saturated rings. The van der Waals surface area contributed by atoms with E-state index < -0.39 is 5.79 Å². The number of benzene rings is 1. The lowest BCUT2D eigenvalue weighted by molar-refractivity contribution is -0.209. The largest absolute Gasteiger partial charge is 0.488 e. The van der Waals surface area contributed by atoms with Gasteiger partial charge in [0.15, 0.2) is 6.10 Å². The fourth-order valence-corrected chi connectivity index (χ4v) is 3.12. The Bertz CT molecular complexity index is 491. The predicted molar refractivity (Wildman–Crippen MR) is 76.1 cm³/mol. The summed E-state index contributed by atoms with van der Waals surface area (Å²) in [6.07, 6.45) is -0.190. The molecule has 1 saturated heterocycles.